The Balaban J connectivity index is 1.36. The van der Waals surface area contributed by atoms with Crippen LogP contribution in [0.4, 0.5) is 10.1 Å². The number of aliphatic imine (C=N–C) groups is 1. The van der Waals surface area contributed by atoms with Crippen LogP contribution in [-0.2, 0) is 9.59 Å². The molecule has 1 N–H and O–H groups in total. The summed E-state index contributed by atoms with van der Waals surface area (Å²) in [4.78, 5) is 29.5. The van der Waals surface area contributed by atoms with E-state index < -0.39 is 22.9 Å². The number of amides is 2. The van der Waals surface area contributed by atoms with Crippen molar-refractivity contribution >= 4 is 51.7 Å². The molecule has 2 heterocycles. The van der Waals surface area contributed by atoms with Crippen molar-refractivity contribution in [2.45, 2.75) is 24.1 Å². The standard InChI is InChI=1S/C27H22ClFN4O3S/c1-36-21-10-8-16(9-11-21)22-14-23(17-4-2-5-18(28)12-17)33(32-22)27-31-26(35)24(37-27)15-25(34)30-20-7-3-6-19(29)13-20/h2-13,23-24H,14-15H2,1H3,(H,30,34)/t23-,24+/m1/s1. The van der Waals surface area contributed by atoms with Crippen molar-refractivity contribution in [1.82, 2.24) is 5.01 Å². The summed E-state index contributed by atoms with van der Waals surface area (Å²) >= 11 is 7.47. The van der Waals surface area contributed by atoms with Crippen molar-refractivity contribution in [3.05, 3.63) is 94.8 Å². The van der Waals surface area contributed by atoms with Crippen LogP contribution < -0.4 is 10.1 Å². The Morgan fingerprint density at radius 2 is 1.95 bits per heavy atom. The van der Waals surface area contributed by atoms with Crippen LogP contribution in [0.3, 0.4) is 0 Å². The Kier molecular flexibility index (Phi) is 7.25. The lowest BCUT2D eigenvalue weighted by atomic mass is 9.98. The first kappa shape index (κ1) is 25.0. The first-order chi connectivity index (χ1) is 17.9. The van der Waals surface area contributed by atoms with Crippen LogP contribution >= 0.6 is 23.4 Å². The van der Waals surface area contributed by atoms with Gasteiger partial charge in [0.15, 0.2) is 5.17 Å². The average molecular weight is 537 g/mol. The molecule has 3 aromatic rings. The largest absolute Gasteiger partial charge is 0.497 e. The fraction of sp³-hybridized carbons (Fsp3) is 0.185. The Morgan fingerprint density at radius 3 is 2.68 bits per heavy atom. The van der Waals surface area contributed by atoms with Crippen LogP contribution in [0.1, 0.15) is 30.0 Å². The fourth-order valence-corrected chi connectivity index (χ4v) is 5.43. The van der Waals surface area contributed by atoms with Crippen molar-refractivity contribution in [2.24, 2.45) is 10.1 Å². The molecule has 2 amide bonds. The maximum atomic E-state index is 13.4. The second-order valence-corrected chi connectivity index (χ2v) is 10.1. The summed E-state index contributed by atoms with van der Waals surface area (Å²) in [5, 5.41) is 9.51. The molecular formula is C27H22ClFN4O3S. The summed E-state index contributed by atoms with van der Waals surface area (Å²) in [5.74, 6) is -0.525. The van der Waals surface area contributed by atoms with E-state index in [1.54, 1.807) is 24.3 Å². The number of nitrogens with one attached hydrogen (secondary N) is 1. The lowest BCUT2D eigenvalue weighted by molar-refractivity contribution is -0.121. The van der Waals surface area contributed by atoms with E-state index in [4.69, 9.17) is 21.4 Å². The van der Waals surface area contributed by atoms with Gasteiger partial charge in [-0.2, -0.15) is 10.1 Å². The smallest absolute Gasteiger partial charge is 0.262 e. The first-order valence-corrected chi connectivity index (χ1v) is 12.8. The van der Waals surface area contributed by atoms with Crippen molar-refractivity contribution in [3.8, 4) is 5.75 Å². The van der Waals surface area contributed by atoms with Gasteiger partial charge in [0, 0.05) is 23.6 Å². The quantitative estimate of drug-likeness (QED) is 0.439. The minimum Gasteiger partial charge on any atom is -0.497 e. The molecule has 0 bridgehead atoms. The van der Waals surface area contributed by atoms with Gasteiger partial charge in [0.2, 0.25) is 5.91 Å². The lowest BCUT2D eigenvalue weighted by Gasteiger charge is -2.23. The van der Waals surface area contributed by atoms with E-state index >= 15 is 0 Å². The van der Waals surface area contributed by atoms with Crippen LogP contribution in [0.5, 0.6) is 5.75 Å². The van der Waals surface area contributed by atoms with Gasteiger partial charge in [-0.25, -0.2) is 9.40 Å². The molecule has 2 aliphatic heterocycles. The molecule has 0 fully saturated rings. The third-order valence-electron chi connectivity index (χ3n) is 5.97. The molecule has 3 aromatic carbocycles. The zero-order valence-corrected chi connectivity index (χ0v) is 21.3. The van der Waals surface area contributed by atoms with Gasteiger partial charge >= 0.3 is 0 Å². The molecule has 0 saturated heterocycles. The second kappa shape index (κ2) is 10.7. The highest BCUT2D eigenvalue weighted by Crippen LogP contribution is 2.39. The van der Waals surface area contributed by atoms with Crippen LogP contribution in [0.25, 0.3) is 0 Å². The molecule has 188 valence electrons. The summed E-state index contributed by atoms with van der Waals surface area (Å²) in [6.45, 7) is 0. The number of ether oxygens (including phenoxy) is 1. The Hall–Kier alpha value is -3.69. The Morgan fingerprint density at radius 1 is 1.16 bits per heavy atom. The van der Waals surface area contributed by atoms with Crippen LogP contribution in [0.15, 0.2) is 82.9 Å². The van der Waals surface area contributed by atoms with Gasteiger partial charge in [0.1, 0.15) is 16.8 Å². The summed E-state index contributed by atoms with van der Waals surface area (Å²) < 4.78 is 18.7. The molecular weight excluding hydrogens is 515 g/mol. The topological polar surface area (TPSA) is 83.4 Å². The molecule has 2 atom stereocenters. The van der Waals surface area contributed by atoms with Crippen molar-refractivity contribution in [3.63, 3.8) is 0 Å². The van der Waals surface area contributed by atoms with E-state index in [9.17, 15) is 14.0 Å². The number of hydrogen-bond acceptors (Lipinski definition) is 6. The van der Waals surface area contributed by atoms with Gasteiger partial charge < -0.3 is 10.1 Å². The van der Waals surface area contributed by atoms with E-state index in [-0.39, 0.29) is 12.5 Å². The number of benzene rings is 3. The number of carbonyl (C=O) groups is 2. The number of rotatable bonds is 6. The summed E-state index contributed by atoms with van der Waals surface area (Å²) in [6.07, 6.45) is 0.475. The number of amidine groups is 1. The first-order valence-electron chi connectivity index (χ1n) is 11.5. The zero-order chi connectivity index (χ0) is 25.9. The molecule has 5 rings (SSSR count). The molecule has 0 aromatic heterocycles. The number of methoxy groups -OCH3 is 1. The van der Waals surface area contributed by atoms with Gasteiger partial charge in [-0.05, 0) is 65.7 Å². The van der Waals surface area contributed by atoms with Gasteiger partial charge in [-0.1, -0.05) is 41.6 Å². The molecule has 0 saturated carbocycles. The summed E-state index contributed by atoms with van der Waals surface area (Å²) in [6, 6.07) is 20.5. The highest BCUT2D eigenvalue weighted by Gasteiger charge is 2.39. The molecule has 2 aliphatic rings. The van der Waals surface area contributed by atoms with E-state index in [0.29, 0.717) is 22.3 Å². The second-order valence-electron chi connectivity index (χ2n) is 8.50. The van der Waals surface area contributed by atoms with E-state index in [0.717, 1.165) is 22.6 Å². The molecule has 0 radical (unpaired) electrons. The molecule has 7 nitrogen and oxygen atoms in total. The molecule has 0 aliphatic carbocycles. The van der Waals surface area contributed by atoms with Gasteiger partial charge in [-0.3, -0.25) is 9.59 Å². The van der Waals surface area contributed by atoms with Gasteiger partial charge in [0.05, 0.1) is 18.9 Å². The maximum Gasteiger partial charge on any atom is 0.262 e. The number of halogens is 2. The molecule has 0 spiro atoms. The monoisotopic (exact) mass is 536 g/mol. The van der Waals surface area contributed by atoms with Gasteiger partial charge in [0.25, 0.3) is 5.91 Å². The van der Waals surface area contributed by atoms with E-state index in [2.05, 4.69) is 10.3 Å². The van der Waals surface area contributed by atoms with E-state index in [1.165, 1.54) is 30.0 Å². The van der Waals surface area contributed by atoms with Crippen molar-refractivity contribution < 1.29 is 18.7 Å². The van der Waals surface area contributed by atoms with Crippen LogP contribution in [0.2, 0.25) is 5.02 Å². The third-order valence-corrected chi connectivity index (χ3v) is 7.35. The Labute approximate surface area is 222 Å². The number of hydrogen-bond donors (Lipinski definition) is 1. The summed E-state index contributed by atoms with van der Waals surface area (Å²) in [7, 11) is 1.61. The molecule has 0 unspecified atom stereocenters. The average Bonchev–Trinajstić information content (AvgIpc) is 3.48. The fourth-order valence-electron chi connectivity index (χ4n) is 4.17. The number of hydrazone groups is 1. The number of carbonyl (C=O) groups excluding carboxylic acids is 2. The number of anilines is 1. The highest BCUT2D eigenvalue weighted by molar-refractivity contribution is 8.15. The number of thioether (sulfide) groups is 1. The van der Waals surface area contributed by atoms with E-state index in [1.807, 2.05) is 42.5 Å². The lowest BCUT2D eigenvalue weighted by Crippen LogP contribution is -2.25. The van der Waals surface area contributed by atoms with Crippen LogP contribution in [-0.4, -0.2) is 40.1 Å². The maximum absolute atomic E-state index is 13.4. The SMILES string of the molecule is COc1ccc(C2=NN(C3=NC(=O)[C@H](CC(=O)Nc4cccc(F)c4)S3)[C@@H](c3cccc(Cl)c3)C2)cc1. The minimum atomic E-state index is -0.705. The Bertz CT molecular complexity index is 1410. The third kappa shape index (κ3) is 5.68. The zero-order valence-electron chi connectivity index (χ0n) is 19.7. The van der Waals surface area contributed by atoms with Gasteiger partial charge in [-0.15, -0.1) is 0 Å². The molecule has 37 heavy (non-hydrogen) atoms. The predicted octanol–water partition coefficient (Wildman–Crippen LogP) is 5.67. The van der Waals surface area contributed by atoms with Crippen LogP contribution in [0, 0.1) is 5.82 Å². The summed E-state index contributed by atoms with van der Waals surface area (Å²) in [5.41, 5.74) is 3.02. The number of nitrogens with zero attached hydrogens (tertiary/aromatic N) is 3. The molecule has 10 heteroatoms. The van der Waals surface area contributed by atoms with Crippen molar-refractivity contribution in [2.75, 3.05) is 12.4 Å². The normalized spacial score (nSPS) is 19.0. The minimum absolute atomic E-state index is 0.0995. The predicted molar refractivity (Wildman–Crippen MR) is 144 cm³/mol. The van der Waals surface area contributed by atoms with Crippen molar-refractivity contribution in [1.29, 1.82) is 0 Å². The highest BCUT2D eigenvalue weighted by atomic mass is 35.5.